The van der Waals surface area contributed by atoms with Crippen molar-refractivity contribution in [1.29, 1.82) is 0 Å². The van der Waals surface area contributed by atoms with Crippen LogP contribution in [0.25, 0.3) is 16.7 Å². The number of hydrogen-bond acceptors (Lipinski definition) is 6. The Bertz CT molecular complexity index is 1680. The van der Waals surface area contributed by atoms with E-state index in [-0.39, 0.29) is 17.0 Å². The molecule has 36 heavy (non-hydrogen) atoms. The van der Waals surface area contributed by atoms with Gasteiger partial charge in [0.15, 0.2) is 17.2 Å². The number of fused-ring (bicyclic) bond motifs is 1. The number of carbonyl (C=O) groups excluding carboxylic acids is 1. The average Bonchev–Trinajstić information content (AvgIpc) is 3.26. The van der Waals surface area contributed by atoms with Crippen LogP contribution in [-0.2, 0) is 0 Å². The third kappa shape index (κ3) is 4.04. The second-order valence-corrected chi connectivity index (χ2v) is 7.59. The summed E-state index contributed by atoms with van der Waals surface area (Å²) in [5.41, 5.74) is -0.537. The number of rotatable bonds is 5. The van der Waals surface area contributed by atoms with Gasteiger partial charge in [0.1, 0.15) is 17.1 Å². The van der Waals surface area contributed by atoms with Crippen LogP contribution in [0.15, 0.2) is 65.7 Å². The van der Waals surface area contributed by atoms with E-state index in [9.17, 15) is 22.8 Å². The highest BCUT2D eigenvalue weighted by Gasteiger charge is 2.21. The Hall–Kier alpha value is -5.00. The predicted octanol–water partition coefficient (Wildman–Crippen LogP) is 4.27. The number of aromatic nitrogens is 5. The SMILES string of the molecule is Cc1[nH]nc2nccc(Oc3ccc(NC(=O)c4ccnn(-c5ccc(F)cc5)c4=O)c(F)c3F)c12. The van der Waals surface area contributed by atoms with Crippen molar-refractivity contribution in [3.8, 4) is 17.2 Å². The predicted molar refractivity (Wildman–Crippen MR) is 123 cm³/mol. The summed E-state index contributed by atoms with van der Waals surface area (Å²) in [4.78, 5) is 29.5. The molecule has 2 N–H and O–H groups in total. The first kappa shape index (κ1) is 22.8. The van der Waals surface area contributed by atoms with Gasteiger partial charge in [-0.2, -0.15) is 19.3 Å². The largest absolute Gasteiger partial charge is 0.453 e. The van der Waals surface area contributed by atoms with Crippen molar-refractivity contribution in [2.24, 2.45) is 0 Å². The summed E-state index contributed by atoms with van der Waals surface area (Å²) >= 11 is 0. The molecule has 5 rings (SSSR count). The first-order valence-corrected chi connectivity index (χ1v) is 10.4. The highest BCUT2D eigenvalue weighted by molar-refractivity contribution is 6.04. The highest BCUT2D eigenvalue weighted by atomic mass is 19.2. The summed E-state index contributed by atoms with van der Waals surface area (Å²) in [6.45, 7) is 1.72. The Morgan fingerprint density at radius 3 is 2.53 bits per heavy atom. The number of pyridine rings is 1. The van der Waals surface area contributed by atoms with E-state index in [0.29, 0.717) is 16.7 Å². The van der Waals surface area contributed by atoms with Crippen LogP contribution < -0.4 is 15.6 Å². The molecule has 0 bridgehead atoms. The molecule has 0 aliphatic rings. The van der Waals surface area contributed by atoms with E-state index in [4.69, 9.17) is 4.74 Å². The Kier molecular flexibility index (Phi) is 5.68. The van der Waals surface area contributed by atoms with Gasteiger partial charge in [0.25, 0.3) is 11.5 Å². The monoisotopic (exact) mass is 492 g/mol. The van der Waals surface area contributed by atoms with E-state index in [2.05, 4.69) is 25.6 Å². The lowest BCUT2D eigenvalue weighted by Gasteiger charge is -2.12. The van der Waals surface area contributed by atoms with E-state index in [0.717, 1.165) is 35.0 Å². The average molecular weight is 492 g/mol. The van der Waals surface area contributed by atoms with E-state index in [1.54, 1.807) is 6.92 Å². The van der Waals surface area contributed by atoms with Gasteiger partial charge in [-0.1, -0.05) is 0 Å². The number of nitrogens with one attached hydrogen (secondary N) is 2. The summed E-state index contributed by atoms with van der Waals surface area (Å²) in [6, 6.07) is 9.72. The van der Waals surface area contributed by atoms with Crippen molar-refractivity contribution in [2.45, 2.75) is 6.92 Å². The molecule has 0 saturated carbocycles. The van der Waals surface area contributed by atoms with Gasteiger partial charge in [-0.25, -0.2) is 13.8 Å². The van der Waals surface area contributed by atoms with E-state index >= 15 is 0 Å². The van der Waals surface area contributed by atoms with Gasteiger partial charge in [-0.15, -0.1) is 0 Å². The van der Waals surface area contributed by atoms with Gasteiger partial charge in [-0.05, 0) is 55.5 Å². The minimum absolute atomic E-state index is 0.208. The lowest BCUT2D eigenvalue weighted by Crippen LogP contribution is -2.29. The Balaban J connectivity index is 1.42. The van der Waals surface area contributed by atoms with Gasteiger partial charge in [0.05, 0.1) is 16.8 Å². The van der Waals surface area contributed by atoms with Gasteiger partial charge in [0, 0.05) is 18.1 Å². The van der Waals surface area contributed by atoms with Crippen LogP contribution in [0.3, 0.4) is 0 Å². The molecule has 0 fully saturated rings. The van der Waals surface area contributed by atoms with E-state index in [1.165, 1.54) is 30.6 Å². The number of benzene rings is 2. The zero-order valence-electron chi connectivity index (χ0n) is 18.4. The maximum Gasteiger partial charge on any atom is 0.284 e. The number of amides is 1. The Morgan fingerprint density at radius 1 is 0.972 bits per heavy atom. The lowest BCUT2D eigenvalue weighted by molar-refractivity contribution is 0.102. The first-order chi connectivity index (χ1) is 17.3. The number of aromatic amines is 1. The van der Waals surface area contributed by atoms with Crippen molar-refractivity contribution in [3.05, 3.63) is 100.0 Å². The molecule has 0 radical (unpaired) electrons. The third-order valence-electron chi connectivity index (χ3n) is 5.27. The normalized spacial score (nSPS) is 11.0. The van der Waals surface area contributed by atoms with Crippen LogP contribution in [0.2, 0.25) is 0 Å². The number of carbonyl (C=O) groups is 1. The van der Waals surface area contributed by atoms with Crippen molar-refractivity contribution in [3.63, 3.8) is 0 Å². The van der Waals surface area contributed by atoms with Crippen LogP contribution in [0.1, 0.15) is 16.1 Å². The number of nitrogens with zero attached hydrogens (tertiary/aromatic N) is 4. The summed E-state index contributed by atoms with van der Waals surface area (Å²) in [5.74, 6) is -4.46. The first-order valence-electron chi connectivity index (χ1n) is 10.4. The molecule has 12 heteroatoms. The lowest BCUT2D eigenvalue weighted by atomic mass is 10.2. The molecule has 5 aromatic rings. The molecule has 0 aliphatic heterocycles. The quantitative estimate of drug-likeness (QED) is 0.379. The summed E-state index contributed by atoms with van der Waals surface area (Å²) < 4.78 is 49.3. The van der Waals surface area contributed by atoms with Gasteiger partial charge in [-0.3, -0.25) is 14.7 Å². The van der Waals surface area contributed by atoms with Crippen LogP contribution in [0.4, 0.5) is 18.9 Å². The third-order valence-corrected chi connectivity index (χ3v) is 5.27. The van der Waals surface area contributed by atoms with Crippen molar-refractivity contribution >= 4 is 22.6 Å². The second-order valence-electron chi connectivity index (χ2n) is 7.59. The number of aryl methyl sites for hydroxylation is 1. The molecule has 3 heterocycles. The van der Waals surface area contributed by atoms with Crippen LogP contribution in [-0.4, -0.2) is 30.9 Å². The fourth-order valence-corrected chi connectivity index (χ4v) is 3.52. The molecule has 3 aromatic heterocycles. The van der Waals surface area contributed by atoms with Gasteiger partial charge >= 0.3 is 0 Å². The molecule has 180 valence electrons. The Morgan fingerprint density at radius 2 is 1.75 bits per heavy atom. The van der Waals surface area contributed by atoms with E-state index in [1.807, 2.05) is 0 Å². The van der Waals surface area contributed by atoms with Gasteiger partial charge < -0.3 is 10.1 Å². The summed E-state index contributed by atoms with van der Waals surface area (Å²) in [7, 11) is 0. The maximum atomic E-state index is 14.8. The molecule has 9 nitrogen and oxygen atoms in total. The number of ether oxygens (including phenoxy) is 1. The summed E-state index contributed by atoms with van der Waals surface area (Å²) in [5, 5.41) is 13.3. The van der Waals surface area contributed by atoms with Crippen molar-refractivity contribution in [2.75, 3.05) is 5.32 Å². The molecule has 0 unspecified atom stereocenters. The molecular weight excluding hydrogens is 477 g/mol. The van der Waals surface area contributed by atoms with Crippen LogP contribution in [0, 0.1) is 24.4 Å². The number of hydrogen-bond donors (Lipinski definition) is 2. The minimum Gasteiger partial charge on any atom is -0.453 e. The zero-order valence-corrected chi connectivity index (χ0v) is 18.4. The van der Waals surface area contributed by atoms with Gasteiger partial charge in [0.2, 0.25) is 5.82 Å². The number of anilines is 1. The van der Waals surface area contributed by atoms with Crippen molar-refractivity contribution in [1.82, 2.24) is 25.0 Å². The zero-order chi connectivity index (χ0) is 25.4. The minimum atomic E-state index is -1.39. The number of halogens is 3. The molecule has 0 saturated heterocycles. The molecule has 0 spiro atoms. The smallest absolute Gasteiger partial charge is 0.284 e. The molecular formula is C24H15F3N6O3. The molecule has 0 aliphatic carbocycles. The topological polar surface area (TPSA) is 115 Å². The summed E-state index contributed by atoms with van der Waals surface area (Å²) in [6.07, 6.45) is 2.59. The molecule has 2 aromatic carbocycles. The standard InChI is InChI=1S/C24H15F3N6O3/c1-12-19-17(9-10-28-22(19)32-31-12)36-18-7-6-16(20(26)21(18)27)30-23(34)15-8-11-29-33(24(15)35)14-4-2-13(25)3-5-14/h2-11H,1H3,(H,30,34)(H,28,31,32). The van der Waals surface area contributed by atoms with Crippen LogP contribution >= 0.6 is 0 Å². The highest BCUT2D eigenvalue weighted by Crippen LogP contribution is 2.33. The molecule has 0 atom stereocenters. The van der Waals surface area contributed by atoms with Crippen LogP contribution in [0.5, 0.6) is 11.5 Å². The fraction of sp³-hybridized carbons (Fsp3) is 0.0417. The maximum absolute atomic E-state index is 14.8. The number of H-pyrrole nitrogens is 1. The van der Waals surface area contributed by atoms with Crippen molar-refractivity contribution < 1.29 is 22.7 Å². The second kappa shape index (κ2) is 8.98. The van der Waals surface area contributed by atoms with E-state index < -0.39 is 40.4 Å². The fourth-order valence-electron chi connectivity index (χ4n) is 3.52. The Labute approximate surface area is 200 Å². The molecule has 1 amide bonds.